The molecular weight excluding hydrogens is 238 g/mol. The molecule has 0 saturated carbocycles. The van der Waals surface area contributed by atoms with Crippen molar-refractivity contribution >= 4 is 0 Å². The summed E-state index contributed by atoms with van der Waals surface area (Å²) in [6, 6.07) is 3.61. The maximum Gasteiger partial charge on any atom is 0.159 e. The molecule has 0 unspecified atom stereocenters. The quantitative estimate of drug-likeness (QED) is 0.854. The van der Waals surface area contributed by atoms with Crippen LogP contribution in [0.4, 0.5) is 8.78 Å². The van der Waals surface area contributed by atoms with Crippen LogP contribution < -0.4 is 5.73 Å². The van der Waals surface area contributed by atoms with Gasteiger partial charge >= 0.3 is 0 Å². The molecule has 1 aromatic rings. The van der Waals surface area contributed by atoms with Crippen molar-refractivity contribution in [3.8, 4) is 0 Å². The molecule has 2 rings (SSSR count). The summed E-state index contributed by atoms with van der Waals surface area (Å²) in [5.41, 5.74) is 4.88. The third kappa shape index (κ3) is 2.68. The Hall–Kier alpha value is -1.04. The van der Waals surface area contributed by atoms with Gasteiger partial charge in [-0.25, -0.2) is 8.78 Å². The van der Waals surface area contributed by atoms with Crippen LogP contribution in [0.5, 0.6) is 0 Å². The highest BCUT2D eigenvalue weighted by atomic mass is 19.2. The van der Waals surface area contributed by atoms with E-state index in [1.54, 1.807) is 0 Å². The van der Waals surface area contributed by atoms with Crippen LogP contribution in [-0.4, -0.2) is 36.2 Å². The van der Waals surface area contributed by atoms with Gasteiger partial charge in [0.1, 0.15) is 0 Å². The topological polar surface area (TPSA) is 49.5 Å². The Morgan fingerprint density at radius 2 is 1.89 bits per heavy atom. The summed E-state index contributed by atoms with van der Waals surface area (Å²) in [5, 5.41) is 10.5. The second kappa shape index (κ2) is 5.30. The first-order valence-corrected chi connectivity index (χ1v) is 6.15. The maximum absolute atomic E-state index is 13.2. The van der Waals surface area contributed by atoms with Crippen LogP contribution in [0.2, 0.25) is 0 Å². The fraction of sp³-hybridized carbons (Fsp3) is 0.538. The van der Waals surface area contributed by atoms with Crippen molar-refractivity contribution in [2.24, 2.45) is 5.73 Å². The lowest BCUT2D eigenvalue weighted by Gasteiger charge is -2.38. The molecule has 1 aliphatic rings. The van der Waals surface area contributed by atoms with E-state index >= 15 is 0 Å². The molecular formula is C13H18F2N2O. The fourth-order valence-electron chi connectivity index (χ4n) is 2.40. The third-order valence-corrected chi connectivity index (χ3v) is 3.59. The Morgan fingerprint density at radius 3 is 2.44 bits per heavy atom. The van der Waals surface area contributed by atoms with Gasteiger partial charge in [0, 0.05) is 26.2 Å². The minimum Gasteiger partial charge on any atom is -0.385 e. The predicted octanol–water partition coefficient (Wildman–Crippen LogP) is 1.21. The molecule has 1 aromatic carbocycles. The Morgan fingerprint density at radius 1 is 1.22 bits per heavy atom. The minimum atomic E-state index is -1.06. The first-order valence-electron chi connectivity index (χ1n) is 6.15. The molecule has 1 aliphatic heterocycles. The van der Waals surface area contributed by atoms with Crippen molar-refractivity contribution < 1.29 is 13.9 Å². The summed E-state index contributed by atoms with van der Waals surface area (Å²) in [6.45, 7) is 2.82. The fourth-order valence-corrected chi connectivity index (χ4v) is 2.40. The summed E-state index contributed by atoms with van der Waals surface area (Å²) >= 11 is 0. The Labute approximate surface area is 105 Å². The van der Waals surface area contributed by atoms with Crippen LogP contribution >= 0.6 is 0 Å². The Kier molecular flexibility index (Phi) is 3.94. The van der Waals surface area contributed by atoms with E-state index in [9.17, 15) is 13.9 Å². The minimum absolute atomic E-state index is 0.453. The van der Waals surface area contributed by atoms with Crippen molar-refractivity contribution in [2.75, 3.05) is 26.2 Å². The van der Waals surface area contributed by atoms with E-state index in [-0.39, 0.29) is 0 Å². The number of piperidine rings is 1. The zero-order valence-corrected chi connectivity index (χ0v) is 10.2. The van der Waals surface area contributed by atoms with Crippen LogP contribution in [-0.2, 0) is 5.60 Å². The molecule has 0 atom stereocenters. The lowest BCUT2D eigenvalue weighted by molar-refractivity contribution is -0.0254. The summed E-state index contributed by atoms with van der Waals surface area (Å²) in [6.07, 6.45) is 1.02. The second-order valence-electron chi connectivity index (χ2n) is 4.79. The molecule has 3 N–H and O–H groups in total. The third-order valence-electron chi connectivity index (χ3n) is 3.59. The average Bonchev–Trinajstić information content (AvgIpc) is 2.36. The van der Waals surface area contributed by atoms with Crippen LogP contribution in [0, 0.1) is 11.6 Å². The van der Waals surface area contributed by atoms with Gasteiger partial charge in [-0.2, -0.15) is 0 Å². The number of halogens is 2. The van der Waals surface area contributed by atoms with Crippen molar-refractivity contribution in [2.45, 2.75) is 18.4 Å². The van der Waals surface area contributed by atoms with Crippen LogP contribution in [0.25, 0.3) is 0 Å². The number of rotatable bonds is 3. The highest BCUT2D eigenvalue weighted by molar-refractivity contribution is 5.24. The van der Waals surface area contributed by atoms with Gasteiger partial charge in [0.05, 0.1) is 5.60 Å². The molecule has 3 nitrogen and oxygen atoms in total. The van der Waals surface area contributed by atoms with E-state index in [1.165, 1.54) is 6.07 Å². The largest absolute Gasteiger partial charge is 0.385 e. The normalized spacial score (nSPS) is 20.0. The van der Waals surface area contributed by atoms with E-state index in [0.717, 1.165) is 18.7 Å². The van der Waals surface area contributed by atoms with Crippen LogP contribution in [0.15, 0.2) is 18.2 Å². The lowest BCUT2D eigenvalue weighted by atomic mass is 9.84. The van der Waals surface area contributed by atoms with E-state index in [2.05, 4.69) is 4.90 Å². The second-order valence-corrected chi connectivity index (χ2v) is 4.79. The van der Waals surface area contributed by atoms with Gasteiger partial charge < -0.3 is 15.7 Å². The van der Waals surface area contributed by atoms with Gasteiger partial charge in [-0.1, -0.05) is 6.07 Å². The number of hydrogen-bond donors (Lipinski definition) is 2. The molecule has 5 heteroatoms. The number of nitrogens with two attached hydrogens (primary N) is 1. The monoisotopic (exact) mass is 256 g/mol. The number of aliphatic hydroxyl groups is 1. The highest BCUT2D eigenvalue weighted by Gasteiger charge is 2.34. The van der Waals surface area contributed by atoms with E-state index in [4.69, 9.17) is 5.73 Å². The average molecular weight is 256 g/mol. The maximum atomic E-state index is 13.2. The Bertz CT molecular complexity index is 417. The lowest BCUT2D eigenvalue weighted by Crippen LogP contribution is -2.44. The summed E-state index contributed by atoms with van der Waals surface area (Å²) in [4.78, 5) is 2.16. The summed E-state index contributed by atoms with van der Waals surface area (Å²) < 4.78 is 26.1. The van der Waals surface area contributed by atoms with E-state index in [1.807, 2.05) is 0 Å². The zero-order chi connectivity index (χ0) is 13.2. The highest BCUT2D eigenvalue weighted by Crippen LogP contribution is 2.33. The molecule has 0 aliphatic carbocycles. The molecule has 18 heavy (non-hydrogen) atoms. The van der Waals surface area contributed by atoms with Gasteiger partial charge in [-0.15, -0.1) is 0 Å². The van der Waals surface area contributed by atoms with Crippen molar-refractivity contribution in [1.82, 2.24) is 4.90 Å². The van der Waals surface area contributed by atoms with Gasteiger partial charge in [0.15, 0.2) is 11.6 Å². The van der Waals surface area contributed by atoms with Crippen molar-refractivity contribution in [3.63, 3.8) is 0 Å². The molecule has 1 saturated heterocycles. The molecule has 1 heterocycles. The predicted molar refractivity (Wildman–Crippen MR) is 65.0 cm³/mol. The van der Waals surface area contributed by atoms with Gasteiger partial charge in [-0.05, 0) is 30.5 Å². The summed E-state index contributed by atoms with van der Waals surface area (Å²) in [5.74, 6) is -1.80. The molecule has 100 valence electrons. The smallest absolute Gasteiger partial charge is 0.159 e. The van der Waals surface area contributed by atoms with Crippen molar-refractivity contribution in [1.29, 1.82) is 0 Å². The van der Waals surface area contributed by atoms with Crippen LogP contribution in [0.1, 0.15) is 18.4 Å². The number of benzene rings is 1. The SMILES string of the molecule is NCCN1CCC(O)(c2ccc(F)c(F)c2)CC1. The number of hydrogen-bond acceptors (Lipinski definition) is 3. The van der Waals surface area contributed by atoms with Gasteiger partial charge in [0.2, 0.25) is 0 Å². The summed E-state index contributed by atoms with van der Waals surface area (Å²) in [7, 11) is 0. The van der Waals surface area contributed by atoms with E-state index in [0.29, 0.717) is 38.0 Å². The first kappa shape index (κ1) is 13.4. The molecule has 1 fully saturated rings. The Balaban J connectivity index is 2.10. The molecule has 0 bridgehead atoms. The first-order chi connectivity index (χ1) is 8.55. The molecule has 0 amide bonds. The van der Waals surface area contributed by atoms with Crippen molar-refractivity contribution in [3.05, 3.63) is 35.4 Å². The molecule has 0 aromatic heterocycles. The molecule has 0 spiro atoms. The number of nitrogens with zero attached hydrogens (tertiary/aromatic N) is 1. The number of likely N-dealkylation sites (tertiary alicyclic amines) is 1. The zero-order valence-electron chi connectivity index (χ0n) is 10.2. The van der Waals surface area contributed by atoms with Gasteiger partial charge in [0.25, 0.3) is 0 Å². The van der Waals surface area contributed by atoms with Gasteiger partial charge in [-0.3, -0.25) is 0 Å². The molecule has 0 radical (unpaired) electrons. The van der Waals surface area contributed by atoms with Crippen LogP contribution in [0.3, 0.4) is 0 Å². The standard InChI is InChI=1S/C13H18F2N2O/c14-11-2-1-10(9-12(11)15)13(18)3-6-17(7-4-13)8-5-16/h1-2,9,18H,3-8,16H2. The van der Waals surface area contributed by atoms with E-state index < -0.39 is 17.2 Å².